The summed E-state index contributed by atoms with van der Waals surface area (Å²) in [6.45, 7) is 0. The average molecular weight is 437 g/mol. The van der Waals surface area contributed by atoms with E-state index < -0.39 is 5.97 Å². The molecule has 0 atom stereocenters. The molecule has 0 bridgehead atoms. The Kier molecular flexibility index (Phi) is 7.17. The molecule has 166 valence electrons. The lowest BCUT2D eigenvalue weighted by atomic mass is 10.1. The Hall–Kier alpha value is -4.20. The predicted octanol–water partition coefficient (Wildman–Crippen LogP) is 4.19. The van der Waals surface area contributed by atoms with Gasteiger partial charge in [-0.15, -0.1) is 0 Å². The van der Waals surface area contributed by atoms with E-state index in [0.29, 0.717) is 34.2 Å². The second-order valence-electron chi connectivity index (χ2n) is 6.51. The number of hydrogen-bond acceptors (Lipinski definition) is 7. The van der Waals surface area contributed by atoms with Crippen LogP contribution in [0.2, 0.25) is 0 Å². The first kappa shape index (κ1) is 22.5. The number of anilines is 1. The van der Waals surface area contributed by atoms with Gasteiger partial charge in [0.15, 0.2) is 11.5 Å². The summed E-state index contributed by atoms with van der Waals surface area (Å²) in [7, 11) is 5.97. The summed E-state index contributed by atoms with van der Waals surface area (Å²) in [5.41, 5.74) is 1.27. The van der Waals surface area contributed by atoms with E-state index in [1.54, 1.807) is 55.6 Å². The first-order valence-electron chi connectivity index (χ1n) is 9.56. The van der Waals surface area contributed by atoms with E-state index in [9.17, 15) is 9.59 Å². The molecule has 0 unspecified atom stereocenters. The minimum absolute atomic E-state index is 0.223. The number of methoxy groups -OCH3 is 4. The van der Waals surface area contributed by atoms with Gasteiger partial charge in [0.25, 0.3) is 5.91 Å². The molecular formula is C24H23NO7. The van der Waals surface area contributed by atoms with Gasteiger partial charge in [-0.1, -0.05) is 0 Å². The zero-order chi connectivity index (χ0) is 23.1. The van der Waals surface area contributed by atoms with E-state index in [-0.39, 0.29) is 17.2 Å². The number of esters is 1. The smallest absolute Gasteiger partial charge is 0.343 e. The van der Waals surface area contributed by atoms with E-state index in [2.05, 4.69) is 5.32 Å². The zero-order valence-electron chi connectivity index (χ0n) is 18.1. The van der Waals surface area contributed by atoms with Crippen LogP contribution in [-0.4, -0.2) is 40.3 Å². The Bertz CT molecular complexity index is 1070. The van der Waals surface area contributed by atoms with Crippen LogP contribution in [0.3, 0.4) is 0 Å². The van der Waals surface area contributed by atoms with Crippen LogP contribution in [0.15, 0.2) is 60.7 Å². The molecule has 0 spiro atoms. The van der Waals surface area contributed by atoms with Crippen molar-refractivity contribution < 1.29 is 33.3 Å². The van der Waals surface area contributed by atoms with Crippen molar-refractivity contribution in [2.24, 2.45) is 0 Å². The van der Waals surface area contributed by atoms with Gasteiger partial charge >= 0.3 is 5.97 Å². The predicted molar refractivity (Wildman–Crippen MR) is 118 cm³/mol. The molecule has 32 heavy (non-hydrogen) atoms. The van der Waals surface area contributed by atoms with E-state index in [1.165, 1.54) is 33.5 Å². The molecule has 1 N–H and O–H groups in total. The summed E-state index contributed by atoms with van der Waals surface area (Å²) in [6, 6.07) is 16.2. The lowest BCUT2D eigenvalue weighted by Crippen LogP contribution is -2.12. The van der Waals surface area contributed by atoms with Crippen LogP contribution in [0, 0.1) is 0 Å². The third-order valence-electron chi connectivity index (χ3n) is 4.58. The van der Waals surface area contributed by atoms with Gasteiger partial charge in [0, 0.05) is 11.3 Å². The van der Waals surface area contributed by atoms with Gasteiger partial charge in [-0.3, -0.25) is 4.79 Å². The van der Waals surface area contributed by atoms with Gasteiger partial charge in [-0.05, 0) is 60.7 Å². The third-order valence-corrected chi connectivity index (χ3v) is 4.58. The van der Waals surface area contributed by atoms with Crippen LogP contribution in [0.5, 0.6) is 28.7 Å². The second-order valence-corrected chi connectivity index (χ2v) is 6.51. The molecule has 3 rings (SSSR count). The fourth-order valence-electron chi connectivity index (χ4n) is 2.92. The van der Waals surface area contributed by atoms with Gasteiger partial charge in [-0.25, -0.2) is 4.79 Å². The van der Waals surface area contributed by atoms with Crippen molar-refractivity contribution in [2.75, 3.05) is 33.8 Å². The molecule has 0 saturated heterocycles. The highest BCUT2D eigenvalue weighted by atomic mass is 16.5. The molecule has 0 aliphatic rings. The lowest BCUT2D eigenvalue weighted by Gasteiger charge is -2.13. The number of hydrogen-bond donors (Lipinski definition) is 1. The molecule has 3 aromatic rings. The molecule has 8 heteroatoms. The summed E-state index contributed by atoms with van der Waals surface area (Å²) in [6.07, 6.45) is 0. The summed E-state index contributed by atoms with van der Waals surface area (Å²) < 4.78 is 26.3. The SMILES string of the molecule is COc1ccc(NC(=O)c2ccc(OC(=O)c3cc(OC)c(OC)c(OC)c3)cc2)cc1. The maximum Gasteiger partial charge on any atom is 0.343 e. The minimum atomic E-state index is -0.611. The molecular weight excluding hydrogens is 414 g/mol. The lowest BCUT2D eigenvalue weighted by molar-refractivity contribution is 0.0733. The maximum atomic E-state index is 12.6. The first-order chi connectivity index (χ1) is 15.5. The van der Waals surface area contributed by atoms with Gasteiger partial charge in [-0.2, -0.15) is 0 Å². The molecule has 0 aliphatic carbocycles. The second kappa shape index (κ2) is 10.2. The monoisotopic (exact) mass is 437 g/mol. The van der Waals surface area contributed by atoms with Gasteiger partial charge < -0.3 is 29.0 Å². The Morgan fingerprint density at radius 1 is 0.656 bits per heavy atom. The first-order valence-corrected chi connectivity index (χ1v) is 9.56. The van der Waals surface area contributed by atoms with Crippen LogP contribution in [0.1, 0.15) is 20.7 Å². The number of rotatable bonds is 8. The molecule has 8 nitrogen and oxygen atoms in total. The van der Waals surface area contributed by atoms with Crippen molar-refractivity contribution in [1.29, 1.82) is 0 Å². The average Bonchev–Trinajstić information content (AvgIpc) is 2.83. The van der Waals surface area contributed by atoms with Crippen molar-refractivity contribution >= 4 is 17.6 Å². The standard InChI is InChI=1S/C24H23NO7/c1-28-18-11-7-17(8-12-18)25-23(26)15-5-9-19(10-6-15)32-24(27)16-13-20(29-2)22(31-4)21(14-16)30-3/h5-14H,1-4H3,(H,25,26). The normalized spacial score (nSPS) is 10.1. The van der Waals surface area contributed by atoms with E-state index in [4.69, 9.17) is 23.7 Å². The number of amides is 1. The fourth-order valence-corrected chi connectivity index (χ4v) is 2.92. The Balaban J connectivity index is 1.69. The van der Waals surface area contributed by atoms with Crippen LogP contribution in [0.4, 0.5) is 5.69 Å². The van der Waals surface area contributed by atoms with Crippen molar-refractivity contribution in [3.63, 3.8) is 0 Å². The summed E-state index contributed by atoms with van der Waals surface area (Å²) in [5, 5.41) is 2.79. The largest absolute Gasteiger partial charge is 0.497 e. The van der Waals surface area contributed by atoms with Crippen LogP contribution < -0.4 is 29.0 Å². The van der Waals surface area contributed by atoms with Crippen LogP contribution in [-0.2, 0) is 0 Å². The van der Waals surface area contributed by atoms with Crippen molar-refractivity contribution in [2.45, 2.75) is 0 Å². The van der Waals surface area contributed by atoms with Gasteiger partial charge in [0.05, 0.1) is 34.0 Å². The van der Waals surface area contributed by atoms with Gasteiger partial charge in [0.2, 0.25) is 5.75 Å². The molecule has 0 fully saturated rings. The number of ether oxygens (including phenoxy) is 5. The van der Waals surface area contributed by atoms with Crippen molar-refractivity contribution in [1.82, 2.24) is 0 Å². The fraction of sp³-hybridized carbons (Fsp3) is 0.167. The molecule has 1 amide bonds. The molecule has 0 radical (unpaired) electrons. The number of carbonyl (C=O) groups excluding carboxylic acids is 2. The molecule has 0 aromatic heterocycles. The number of carbonyl (C=O) groups is 2. The third kappa shape index (κ3) is 5.10. The van der Waals surface area contributed by atoms with Crippen molar-refractivity contribution in [3.05, 3.63) is 71.8 Å². The molecule has 0 saturated carbocycles. The Morgan fingerprint density at radius 2 is 1.22 bits per heavy atom. The summed E-state index contributed by atoms with van der Waals surface area (Å²) in [4.78, 5) is 25.0. The Labute approximate surface area is 185 Å². The van der Waals surface area contributed by atoms with E-state index >= 15 is 0 Å². The molecule has 3 aromatic carbocycles. The summed E-state index contributed by atoms with van der Waals surface area (Å²) in [5.74, 6) is 1.12. The van der Waals surface area contributed by atoms with Crippen molar-refractivity contribution in [3.8, 4) is 28.7 Å². The van der Waals surface area contributed by atoms with E-state index in [0.717, 1.165) is 0 Å². The van der Waals surface area contributed by atoms with Gasteiger partial charge in [0.1, 0.15) is 11.5 Å². The topological polar surface area (TPSA) is 92.3 Å². The number of benzene rings is 3. The quantitative estimate of drug-likeness (QED) is 0.417. The van der Waals surface area contributed by atoms with Crippen LogP contribution >= 0.6 is 0 Å². The highest BCUT2D eigenvalue weighted by Crippen LogP contribution is 2.38. The molecule has 0 heterocycles. The number of nitrogens with one attached hydrogen (secondary N) is 1. The van der Waals surface area contributed by atoms with E-state index in [1.807, 2.05) is 0 Å². The Morgan fingerprint density at radius 3 is 1.72 bits per heavy atom. The maximum absolute atomic E-state index is 12.6. The molecule has 0 aliphatic heterocycles. The highest BCUT2D eigenvalue weighted by Gasteiger charge is 2.18. The summed E-state index contributed by atoms with van der Waals surface area (Å²) >= 11 is 0. The minimum Gasteiger partial charge on any atom is -0.497 e. The zero-order valence-corrected chi connectivity index (χ0v) is 18.1. The van der Waals surface area contributed by atoms with Crippen LogP contribution in [0.25, 0.3) is 0 Å². The highest BCUT2D eigenvalue weighted by molar-refractivity contribution is 6.04.